The van der Waals surface area contributed by atoms with Gasteiger partial charge in [-0.15, -0.1) is 0 Å². The number of carbonyl (C=O) groups is 4. The lowest BCUT2D eigenvalue weighted by molar-refractivity contribution is -0.356. The van der Waals surface area contributed by atoms with E-state index in [9.17, 15) is 89.7 Å². The molecule has 2 aliphatic carbocycles. The monoisotopic (exact) mass is 1620 g/mol. The first kappa shape index (κ1) is 81.7. The number of fused-ring (bicyclic) bond motifs is 10. The molecule has 17 rings (SSSR count). The van der Waals surface area contributed by atoms with E-state index >= 15 is 0 Å². The Morgan fingerprint density at radius 3 is 2.12 bits per heavy atom. The van der Waals surface area contributed by atoms with Crippen LogP contribution in [-0.2, 0) is 74.5 Å². The molecular weight excluding hydrogens is 1530 g/mol. The molecule has 6 aromatic carbocycles. The van der Waals surface area contributed by atoms with Crippen LogP contribution in [0.2, 0.25) is 0 Å². The highest BCUT2D eigenvalue weighted by molar-refractivity contribution is 6.32. The molecule has 0 radical (unpaired) electrons. The summed E-state index contributed by atoms with van der Waals surface area (Å²) in [6, 6.07) is 17.5. The zero-order valence-electron chi connectivity index (χ0n) is 64.9. The molecule has 7 aliphatic rings. The Balaban J connectivity index is 0.000000140. The summed E-state index contributed by atoms with van der Waals surface area (Å²) in [6.07, 6.45) is -14.2. The van der Waals surface area contributed by atoms with Gasteiger partial charge in [-0.05, 0) is 103 Å². The van der Waals surface area contributed by atoms with E-state index in [0.717, 1.165) is 16.5 Å². The highest BCUT2D eigenvalue weighted by atomic mass is 16.8. The molecular formula is C83H87N5O29. The minimum atomic E-state index is -2.24. The van der Waals surface area contributed by atoms with E-state index in [0.29, 0.717) is 52.1 Å². The quantitative estimate of drug-likeness (QED) is 0.0258. The number of pyridine rings is 2. The average molecular weight is 1620 g/mol. The molecule has 0 unspecified atom stereocenters. The molecule has 3 saturated heterocycles. The largest absolute Gasteiger partial charge is 0.508 e. The molecule has 117 heavy (non-hydrogen) atoms. The van der Waals surface area contributed by atoms with Crippen molar-refractivity contribution in [2.75, 3.05) is 34.9 Å². The number of phenols is 4. The van der Waals surface area contributed by atoms with Crippen molar-refractivity contribution < 1.29 is 127 Å². The fraction of sp³-hybridized carbons (Fsp3) is 0.422. The minimum absolute atomic E-state index is 0.0173. The number of nitrogens with two attached hydrogens (primary N) is 2. The number of ether oxygens (including phenoxy) is 9. The molecule has 618 valence electrons. The second-order valence-corrected chi connectivity index (χ2v) is 31.2. The van der Waals surface area contributed by atoms with Crippen LogP contribution in [0.25, 0.3) is 65.8 Å². The highest BCUT2D eigenvalue weighted by Gasteiger charge is 2.57. The third kappa shape index (κ3) is 13.1. The van der Waals surface area contributed by atoms with Gasteiger partial charge in [-0.25, -0.2) is 19.4 Å². The van der Waals surface area contributed by atoms with Crippen molar-refractivity contribution in [3.8, 4) is 45.9 Å². The number of esters is 1. The molecule has 3 fully saturated rings. The number of aromatic hydroxyl groups is 4. The van der Waals surface area contributed by atoms with Crippen molar-refractivity contribution in [1.82, 2.24) is 14.5 Å². The molecule has 0 spiro atoms. The number of hydrogen-bond donors (Lipinski definition) is 13. The van der Waals surface area contributed by atoms with E-state index in [1.807, 2.05) is 25.1 Å². The number of hydrogen-bond acceptors (Lipinski definition) is 33. The Hall–Kier alpha value is -10.5. The summed E-state index contributed by atoms with van der Waals surface area (Å²) in [5.41, 5.74) is 7.92. The molecule has 5 aliphatic heterocycles. The van der Waals surface area contributed by atoms with Gasteiger partial charge in [0, 0.05) is 93.9 Å². The number of rotatable bonds is 13. The van der Waals surface area contributed by atoms with Crippen LogP contribution in [0.3, 0.4) is 0 Å². The molecule has 34 heteroatoms. The minimum Gasteiger partial charge on any atom is -0.508 e. The Labute approximate surface area is 663 Å². The fourth-order valence-electron chi connectivity index (χ4n) is 17.3. The average Bonchev–Trinajstić information content (AvgIpc) is 1.29. The zero-order chi connectivity index (χ0) is 84.1. The van der Waals surface area contributed by atoms with E-state index in [1.165, 1.54) is 58.4 Å². The van der Waals surface area contributed by atoms with Crippen molar-refractivity contribution >= 4 is 77.7 Å². The molecule has 15 N–H and O–H groups in total. The van der Waals surface area contributed by atoms with Crippen molar-refractivity contribution in [3.63, 3.8) is 0 Å². The third-order valence-electron chi connectivity index (χ3n) is 23.6. The number of aliphatic hydroxyl groups is 7. The number of Topliss-reactive ketones (excluding diaryl/α,β-unsaturated/α-hetero) is 1. The van der Waals surface area contributed by atoms with Crippen LogP contribution in [0.15, 0.2) is 96.0 Å². The third-order valence-corrected chi connectivity index (χ3v) is 23.6. The number of carbonyl (C=O) groups excluding carboxylic acids is 4. The van der Waals surface area contributed by atoms with Gasteiger partial charge in [0.1, 0.15) is 88.2 Å². The summed E-state index contributed by atoms with van der Waals surface area (Å²) in [5, 5.41) is 121. The molecule has 0 saturated carbocycles. The topological polar surface area (TPSA) is 524 Å². The van der Waals surface area contributed by atoms with Crippen LogP contribution >= 0.6 is 0 Å². The lowest BCUT2D eigenvalue weighted by Crippen LogP contribution is -2.69. The van der Waals surface area contributed by atoms with Gasteiger partial charge in [0.05, 0.1) is 100 Å². The molecule has 9 heterocycles. The maximum absolute atomic E-state index is 13.6. The number of aryl methyl sites for hydroxylation is 1. The standard InChI is InChI=1S/C33H35NO13.C27H29NO11.C23H23N3O5/c1-11-9-10-16-19-17(11)29(38)46-25-18-14(24(36)21(20(19)25)30(39)44-16)7-6-8-15(18)45-32-28(33(4,40)27(37)13(3)43-32)47-31-22(34)26(41-5)23(35)12(2)42-31;1-10-22(31)13(28)6-17(38-10)39-15-8-27(36,16(30)9-29)7-12-19(15)26(35)21-20(24(12)33)23(32)11-4-3-5-14(37-2)18(11)25(21)34;1-4-23(30)16-8-18-20-12(9-26(18)21(28)15(16)11-31-22(23)29)7-13-14(10-25(2)3)19(27)6-5-17(13)24-20/h6-10,12-13,22-23,26-28,31-32,35-37,40H,34H2,1-5H3;3-5,10,13,15,17,22,29,31,33,35-36H,6-9,28H2,1-2H3;5-8,27,30H,4,9-11H2,1-3H3/t12-,13-,22-,23+,26-,27+,28+,31-,32+,33+;10-,13-,15-,17-,22-,27-;23-/m100/s1. The number of aliphatic hydroxyl groups excluding tert-OH is 4. The van der Waals surface area contributed by atoms with Crippen LogP contribution in [-0.4, -0.2) is 220 Å². The molecule has 4 aromatic heterocycles. The van der Waals surface area contributed by atoms with Gasteiger partial charge in [0.25, 0.3) is 5.56 Å². The molecule has 17 atom stereocenters. The first-order valence-corrected chi connectivity index (χ1v) is 37.8. The van der Waals surface area contributed by atoms with Gasteiger partial charge in [0.15, 0.2) is 41.4 Å². The Bertz CT molecular complexity index is 5950. The smallest absolute Gasteiger partial charge is 0.348 e. The van der Waals surface area contributed by atoms with E-state index in [2.05, 4.69) is 0 Å². The Kier molecular flexibility index (Phi) is 21.0. The maximum atomic E-state index is 13.6. The summed E-state index contributed by atoms with van der Waals surface area (Å²) in [5.74, 6) is -4.69. The van der Waals surface area contributed by atoms with E-state index in [-0.39, 0.29) is 103 Å². The summed E-state index contributed by atoms with van der Waals surface area (Å²) in [6.45, 7) is 9.18. The first-order chi connectivity index (χ1) is 55.4. The van der Waals surface area contributed by atoms with Gasteiger partial charge in [-0.2, -0.15) is 0 Å². The van der Waals surface area contributed by atoms with E-state index in [1.54, 1.807) is 68.7 Å². The Morgan fingerprint density at radius 2 is 1.43 bits per heavy atom. The number of ketones is 3. The molecule has 10 aromatic rings. The summed E-state index contributed by atoms with van der Waals surface area (Å²) >= 11 is 0. The fourth-order valence-corrected chi connectivity index (χ4v) is 17.3. The molecule has 0 bridgehead atoms. The van der Waals surface area contributed by atoms with Crippen LogP contribution in [0.5, 0.6) is 34.5 Å². The number of phenolic OH excluding ortho intramolecular Hbond substituents is 4. The van der Waals surface area contributed by atoms with Crippen molar-refractivity contribution in [2.24, 2.45) is 11.5 Å². The predicted molar refractivity (Wildman–Crippen MR) is 412 cm³/mol. The van der Waals surface area contributed by atoms with Gasteiger partial charge in [-0.1, -0.05) is 37.3 Å². The van der Waals surface area contributed by atoms with Crippen LogP contribution in [0, 0.1) is 6.92 Å². The zero-order valence-corrected chi connectivity index (χ0v) is 64.9. The maximum Gasteiger partial charge on any atom is 0.348 e. The number of benzene rings is 6. The Morgan fingerprint density at radius 1 is 0.735 bits per heavy atom. The predicted octanol–water partition coefficient (Wildman–Crippen LogP) is 3.57. The second kappa shape index (κ2) is 30.2. The molecule has 34 nitrogen and oxygen atoms in total. The SMILES string of the molecule is CC[C@@]1(O)C(=O)OCc2c1cc1n(c2=O)Cc2cc3c(CN(C)C)c(O)ccc3nc2-1.CO[C@@H]1[C@@H](N)[C@@H](O[C@H]2[C@H](Oc3cccc4c(O)c5c(=O)oc6ccc(C)c7c(=O)oc(c34)c5c67)O[C@H](C)[C@H](O)[C@]2(C)O)O[C@H](C)[C@@H]1O.COc1cccc2c1C(=O)c1c(O)c3c(c(O)c1C2=O)C[C@@](O)(C(=O)CO)C[C@@H]3O[C@H]1C[C@H](N)[C@@H](O)[C@H](C)O1. The summed E-state index contributed by atoms with van der Waals surface area (Å²) in [7, 11) is 6.56. The van der Waals surface area contributed by atoms with Crippen molar-refractivity contribution in [2.45, 2.75) is 190 Å². The number of nitrogens with zero attached hydrogens (tertiary/aromatic N) is 3. The van der Waals surface area contributed by atoms with Crippen molar-refractivity contribution in [1.29, 1.82) is 0 Å². The number of cyclic esters (lactones) is 1. The lowest BCUT2D eigenvalue weighted by Gasteiger charge is -2.50. The highest BCUT2D eigenvalue weighted by Crippen LogP contribution is 2.54. The number of methoxy groups -OCH3 is 2. The normalized spacial score (nSPS) is 28.5. The molecule has 0 amide bonds. The van der Waals surface area contributed by atoms with Gasteiger partial charge >= 0.3 is 17.2 Å². The number of aromatic nitrogens is 2. The lowest BCUT2D eigenvalue weighted by atomic mass is 9.72. The van der Waals surface area contributed by atoms with Gasteiger partial charge in [0.2, 0.25) is 12.1 Å². The first-order valence-electron chi connectivity index (χ1n) is 37.8. The van der Waals surface area contributed by atoms with Crippen molar-refractivity contribution in [3.05, 3.63) is 165 Å². The second-order valence-electron chi connectivity index (χ2n) is 31.2. The van der Waals surface area contributed by atoms with Crippen LogP contribution in [0.1, 0.15) is 131 Å². The van der Waals surface area contributed by atoms with E-state index < -0.39 is 185 Å². The summed E-state index contributed by atoms with van der Waals surface area (Å²) < 4.78 is 64.9. The van der Waals surface area contributed by atoms with Gasteiger partial charge in [-0.3, -0.25) is 19.2 Å². The van der Waals surface area contributed by atoms with Gasteiger partial charge < -0.3 is 129 Å². The summed E-state index contributed by atoms with van der Waals surface area (Å²) in [4.78, 5) is 98.6. The van der Waals surface area contributed by atoms with Crippen LogP contribution in [0.4, 0.5) is 0 Å². The van der Waals surface area contributed by atoms with E-state index in [4.69, 9.17) is 67.9 Å². The van der Waals surface area contributed by atoms with Crippen LogP contribution < -0.4 is 37.8 Å².